The lowest BCUT2D eigenvalue weighted by Crippen LogP contribution is -2.13. The molecule has 1 aliphatic rings. The van der Waals surface area contributed by atoms with Crippen LogP contribution in [-0.2, 0) is 21.9 Å². The van der Waals surface area contributed by atoms with E-state index in [9.17, 15) is 8.42 Å². The maximum atomic E-state index is 12.1. The van der Waals surface area contributed by atoms with Crippen molar-refractivity contribution in [3.8, 4) is 5.13 Å². The zero-order valence-electron chi connectivity index (χ0n) is 17.8. The first kappa shape index (κ1) is 20.7. The molecule has 1 aromatic carbocycles. The van der Waals surface area contributed by atoms with Gasteiger partial charge < -0.3 is 0 Å². The van der Waals surface area contributed by atoms with Gasteiger partial charge >= 0.3 is 0 Å². The van der Waals surface area contributed by atoms with Crippen LogP contribution in [0.5, 0.6) is 0 Å². The summed E-state index contributed by atoms with van der Waals surface area (Å²) in [5.74, 6) is 0. The van der Waals surface area contributed by atoms with Gasteiger partial charge in [0.2, 0.25) is 15.2 Å². The number of aryl methyl sites for hydroxylation is 3. The summed E-state index contributed by atoms with van der Waals surface area (Å²) in [5, 5.41) is 17.8. The van der Waals surface area contributed by atoms with Crippen LogP contribution in [-0.4, -0.2) is 28.2 Å². The van der Waals surface area contributed by atoms with E-state index in [0.717, 1.165) is 51.0 Å². The van der Waals surface area contributed by atoms with Gasteiger partial charge in [0.1, 0.15) is 5.01 Å². The molecule has 0 bridgehead atoms. The van der Waals surface area contributed by atoms with Crippen molar-refractivity contribution in [1.82, 2.24) is 19.7 Å². The smallest absolute Gasteiger partial charge is 0.238 e. The summed E-state index contributed by atoms with van der Waals surface area (Å²) < 4.78 is 26.3. The van der Waals surface area contributed by atoms with Crippen molar-refractivity contribution in [2.24, 2.45) is 5.14 Å². The average molecular weight is 474 g/mol. The van der Waals surface area contributed by atoms with Crippen molar-refractivity contribution in [3.05, 3.63) is 50.0 Å². The van der Waals surface area contributed by atoms with Gasteiger partial charge in [0.25, 0.3) is 0 Å². The number of sulfonamides is 1. The van der Waals surface area contributed by atoms with Gasteiger partial charge in [0, 0.05) is 27.8 Å². The van der Waals surface area contributed by atoms with Crippen LogP contribution >= 0.6 is 22.7 Å². The highest BCUT2D eigenvalue weighted by Gasteiger charge is 2.45. The van der Waals surface area contributed by atoms with Crippen molar-refractivity contribution in [2.75, 3.05) is 0 Å². The third-order valence-electron chi connectivity index (χ3n) is 5.99. The monoisotopic (exact) mass is 473 g/mol. The Hall–Kier alpha value is -2.14. The molecule has 0 aliphatic heterocycles. The third-order valence-corrected chi connectivity index (χ3v) is 8.80. The second-order valence-corrected chi connectivity index (χ2v) is 12.5. The number of fused-ring (bicyclic) bond motifs is 1. The Morgan fingerprint density at radius 2 is 1.87 bits per heavy atom. The van der Waals surface area contributed by atoms with Crippen LogP contribution in [0.25, 0.3) is 16.0 Å². The molecule has 0 unspecified atom stereocenters. The molecule has 0 atom stereocenters. The minimum absolute atomic E-state index is 0.0172. The van der Waals surface area contributed by atoms with Gasteiger partial charge in [-0.25, -0.2) is 18.5 Å². The standard InChI is InChI=1S/C21H23N5O2S3/c1-11-18(29-12(2)23-11)10-16-15-6-5-14(31(22,27)28)9-17(15)26(19(16)21(4)7-8-21)20-25-24-13(3)30-20/h5-6,9H,7-8,10H2,1-4H3,(H2,22,27,28). The van der Waals surface area contributed by atoms with Crippen molar-refractivity contribution in [1.29, 1.82) is 0 Å². The molecule has 31 heavy (non-hydrogen) atoms. The van der Waals surface area contributed by atoms with Crippen LogP contribution in [0.15, 0.2) is 23.1 Å². The Morgan fingerprint density at radius 1 is 1.13 bits per heavy atom. The van der Waals surface area contributed by atoms with Crippen LogP contribution in [0.2, 0.25) is 0 Å². The number of primary sulfonamides is 1. The molecule has 0 amide bonds. The van der Waals surface area contributed by atoms with Gasteiger partial charge in [-0.2, -0.15) is 0 Å². The summed E-state index contributed by atoms with van der Waals surface area (Å²) in [6, 6.07) is 5.15. The molecular weight excluding hydrogens is 450 g/mol. The topological polar surface area (TPSA) is 104 Å². The second kappa shape index (κ2) is 6.93. The quantitative estimate of drug-likeness (QED) is 0.469. The number of thiazole rings is 1. The first-order valence-electron chi connectivity index (χ1n) is 10.0. The second-order valence-electron chi connectivity index (χ2n) is 8.47. The van der Waals surface area contributed by atoms with E-state index >= 15 is 0 Å². The van der Waals surface area contributed by atoms with Crippen molar-refractivity contribution < 1.29 is 8.42 Å². The highest BCUT2D eigenvalue weighted by molar-refractivity contribution is 7.89. The molecule has 7 nitrogen and oxygen atoms in total. The number of nitrogens with zero attached hydrogens (tertiary/aromatic N) is 4. The highest BCUT2D eigenvalue weighted by Crippen LogP contribution is 2.52. The number of nitrogens with two attached hydrogens (primary N) is 1. The van der Waals surface area contributed by atoms with Gasteiger partial charge in [-0.1, -0.05) is 24.3 Å². The highest BCUT2D eigenvalue weighted by atomic mass is 32.2. The first-order chi connectivity index (χ1) is 14.6. The third kappa shape index (κ3) is 3.51. The molecule has 2 N–H and O–H groups in total. The Morgan fingerprint density at radius 3 is 2.42 bits per heavy atom. The molecule has 4 aromatic rings. The summed E-state index contributed by atoms with van der Waals surface area (Å²) in [4.78, 5) is 5.93. The molecular formula is C21H23N5O2S3. The lowest BCUT2D eigenvalue weighted by atomic mass is 9.96. The van der Waals surface area contributed by atoms with E-state index < -0.39 is 10.0 Å². The number of hydrogen-bond acceptors (Lipinski definition) is 7. The summed E-state index contributed by atoms with van der Waals surface area (Å²) in [6.45, 7) is 8.26. The van der Waals surface area contributed by atoms with Crippen LogP contribution < -0.4 is 5.14 Å². The van der Waals surface area contributed by atoms with E-state index in [2.05, 4.69) is 26.7 Å². The zero-order valence-corrected chi connectivity index (χ0v) is 20.2. The van der Waals surface area contributed by atoms with E-state index in [1.807, 2.05) is 26.8 Å². The summed E-state index contributed by atoms with van der Waals surface area (Å²) >= 11 is 3.22. The zero-order chi connectivity index (χ0) is 22.1. The molecule has 162 valence electrons. The fourth-order valence-corrected chi connectivity index (χ4v) is 6.41. The minimum Gasteiger partial charge on any atom is -0.287 e. The summed E-state index contributed by atoms with van der Waals surface area (Å²) in [6.07, 6.45) is 2.91. The van der Waals surface area contributed by atoms with Crippen LogP contribution in [0.4, 0.5) is 0 Å². The lowest BCUT2D eigenvalue weighted by Gasteiger charge is -2.15. The first-order valence-corrected chi connectivity index (χ1v) is 13.2. The fraction of sp³-hybridized carbons (Fsp3) is 0.381. The van der Waals surface area contributed by atoms with E-state index in [1.165, 1.54) is 27.5 Å². The van der Waals surface area contributed by atoms with E-state index in [-0.39, 0.29) is 10.3 Å². The van der Waals surface area contributed by atoms with Crippen molar-refractivity contribution in [3.63, 3.8) is 0 Å². The maximum absolute atomic E-state index is 12.1. The summed E-state index contributed by atoms with van der Waals surface area (Å²) in [5.41, 5.74) is 4.26. The maximum Gasteiger partial charge on any atom is 0.238 e. The van der Waals surface area contributed by atoms with Gasteiger partial charge in [-0.15, -0.1) is 21.5 Å². The molecule has 0 spiro atoms. The van der Waals surface area contributed by atoms with E-state index in [4.69, 9.17) is 5.14 Å². The molecule has 1 aliphatic carbocycles. The molecule has 1 fully saturated rings. The number of hydrogen-bond donors (Lipinski definition) is 1. The Kier molecular flexibility index (Phi) is 4.64. The predicted molar refractivity (Wildman–Crippen MR) is 124 cm³/mol. The molecule has 0 radical (unpaired) electrons. The molecule has 5 rings (SSSR count). The van der Waals surface area contributed by atoms with E-state index in [1.54, 1.807) is 23.5 Å². The number of benzene rings is 1. The van der Waals surface area contributed by atoms with E-state index in [0.29, 0.717) is 0 Å². The Bertz CT molecular complexity index is 1440. The van der Waals surface area contributed by atoms with Gasteiger partial charge in [-0.3, -0.25) is 4.57 Å². The number of aromatic nitrogens is 4. The average Bonchev–Trinajstić information content (AvgIpc) is 3.00. The normalized spacial score (nSPS) is 15.6. The lowest BCUT2D eigenvalue weighted by molar-refractivity contribution is 0.598. The molecule has 3 heterocycles. The Labute approximate surface area is 189 Å². The number of rotatable bonds is 5. The Balaban J connectivity index is 1.86. The molecule has 10 heteroatoms. The molecule has 1 saturated carbocycles. The van der Waals surface area contributed by atoms with Gasteiger partial charge in [0.05, 0.1) is 21.1 Å². The SMILES string of the molecule is Cc1nnc(-n2c(C3(C)CC3)c(Cc3sc(C)nc3C)c3ccc(S(N)(=O)=O)cc32)s1. The predicted octanol–water partition coefficient (Wildman–Crippen LogP) is 4.15. The fourth-order valence-electron chi connectivity index (χ4n) is 4.22. The van der Waals surface area contributed by atoms with Crippen molar-refractivity contribution >= 4 is 43.6 Å². The molecule has 0 saturated heterocycles. The van der Waals surface area contributed by atoms with Crippen molar-refractivity contribution in [2.45, 2.75) is 57.3 Å². The van der Waals surface area contributed by atoms with Crippen LogP contribution in [0, 0.1) is 20.8 Å². The van der Waals surface area contributed by atoms with Crippen LogP contribution in [0.1, 0.15) is 51.6 Å². The molecule has 3 aromatic heterocycles. The van der Waals surface area contributed by atoms with Gasteiger partial charge in [0.15, 0.2) is 0 Å². The summed E-state index contributed by atoms with van der Waals surface area (Å²) in [7, 11) is -3.83. The van der Waals surface area contributed by atoms with Gasteiger partial charge in [-0.05, 0) is 51.3 Å². The minimum atomic E-state index is -3.83. The largest absolute Gasteiger partial charge is 0.287 e. The van der Waals surface area contributed by atoms with Crippen LogP contribution in [0.3, 0.4) is 0 Å².